The average molecular weight is 277 g/mol. The SMILES string of the molecule is Cc1cc(C)n(CCCNCc2cccc(F)c2O)n1. The first kappa shape index (κ1) is 14.5. The van der Waals surface area contributed by atoms with Crippen molar-refractivity contribution in [2.75, 3.05) is 6.54 Å². The van der Waals surface area contributed by atoms with Gasteiger partial charge in [0.1, 0.15) is 0 Å². The number of aromatic nitrogens is 2. The van der Waals surface area contributed by atoms with Gasteiger partial charge >= 0.3 is 0 Å². The Labute approximate surface area is 118 Å². The van der Waals surface area contributed by atoms with Gasteiger partial charge in [0.15, 0.2) is 11.6 Å². The van der Waals surface area contributed by atoms with E-state index in [4.69, 9.17) is 0 Å². The molecule has 2 aromatic rings. The molecule has 4 nitrogen and oxygen atoms in total. The molecule has 108 valence electrons. The molecule has 1 aromatic carbocycles. The Morgan fingerprint density at radius 3 is 2.85 bits per heavy atom. The van der Waals surface area contributed by atoms with Crippen molar-refractivity contribution in [2.45, 2.75) is 33.4 Å². The summed E-state index contributed by atoms with van der Waals surface area (Å²) in [5.41, 5.74) is 2.77. The molecule has 0 unspecified atom stereocenters. The van der Waals surface area contributed by atoms with Crippen LogP contribution in [-0.4, -0.2) is 21.4 Å². The number of para-hydroxylation sites is 1. The topological polar surface area (TPSA) is 50.1 Å². The van der Waals surface area contributed by atoms with Gasteiger partial charge in [0.25, 0.3) is 0 Å². The second-order valence-electron chi connectivity index (χ2n) is 4.93. The maximum absolute atomic E-state index is 13.1. The Bertz CT molecular complexity index is 580. The number of benzene rings is 1. The maximum Gasteiger partial charge on any atom is 0.165 e. The Hall–Kier alpha value is -1.88. The van der Waals surface area contributed by atoms with Crippen molar-refractivity contribution in [3.05, 3.63) is 47.0 Å². The summed E-state index contributed by atoms with van der Waals surface area (Å²) in [7, 11) is 0. The molecule has 1 aromatic heterocycles. The number of phenols is 1. The van der Waals surface area contributed by atoms with Crippen molar-refractivity contribution in [2.24, 2.45) is 0 Å². The van der Waals surface area contributed by atoms with Crippen LogP contribution in [0.3, 0.4) is 0 Å². The van der Waals surface area contributed by atoms with Crippen LogP contribution in [0.1, 0.15) is 23.4 Å². The molecule has 0 radical (unpaired) electrons. The highest BCUT2D eigenvalue weighted by molar-refractivity contribution is 5.33. The van der Waals surface area contributed by atoms with Crippen LogP contribution in [0.15, 0.2) is 24.3 Å². The third-order valence-corrected chi connectivity index (χ3v) is 3.21. The van der Waals surface area contributed by atoms with Gasteiger partial charge in [-0.25, -0.2) is 4.39 Å². The van der Waals surface area contributed by atoms with Gasteiger partial charge in [-0.3, -0.25) is 4.68 Å². The third-order valence-electron chi connectivity index (χ3n) is 3.21. The lowest BCUT2D eigenvalue weighted by Crippen LogP contribution is -2.17. The number of nitrogens with one attached hydrogen (secondary N) is 1. The highest BCUT2D eigenvalue weighted by Gasteiger charge is 2.05. The average Bonchev–Trinajstić information content (AvgIpc) is 2.72. The summed E-state index contributed by atoms with van der Waals surface area (Å²) in [6.07, 6.45) is 0.929. The summed E-state index contributed by atoms with van der Waals surface area (Å²) in [5, 5.41) is 17.1. The van der Waals surface area contributed by atoms with Crippen LogP contribution >= 0.6 is 0 Å². The van der Waals surface area contributed by atoms with Crippen LogP contribution in [-0.2, 0) is 13.1 Å². The molecule has 0 fully saturated rings. The van der Waals surface area contributed by atoms with Crippen molar-refractivity contribution in [1.29, 1.82) is 0 Å². The van der Waals surface area contributed by atoms with Crippen LogP contribution in [0, 0.1) is 19.7 Å². The summed E-state index contributed by atoms with van der Waals surface area (Å²) < 4.78 is 15.1. The van der Waals surface area contributed by atoms with Crippen molar-refractivity contribution >= 4 is 0 Å². The molecule has 0 aliphatic heterocycles. The molecule has 2 rings (SSSR count). The van der Waals surface area contributed by atoms with Gasteiger partial charge in [-0.15, -0.1) is 0 Å². The van der Waals surface area contributed by atoms with Crippen LogP contribution in [0.4, 0.5) is 4.39 Å². The lowest BCUT2D eigenvalue weighted by molar-refractivity contribution is 0.422. The van der Waals surface area contributed by atoms with E-state index in [1.807, 2.05) is 18.5 Å². The minimum Gasteiger partial charge on any atom is -0.505 e. The quantitative estimate of drug-likeness (QED) is 0.798. The van der Waals surface area contributed by atoms with E-state index < -0.39 is 5.82 Å². The summed E-state index contributed by atoms with van der Waals surface area (Å²) in [5.74, 6) is -0.842. The first-order valence-corrected chi connectivity index (χ1v) is 6.76. The summed E-state index contributed by atoms with van der Waals surface area (Å²) >= 11 is 0. The van der Waals surface area contributed by atoms with Crippen molar-refractivity contribution in [1.82, 2.24) is 15.1 Å². The fourth-order valence-electron chi connectivity index (χ4n) is 2.18. The second-order valence-corrected chi connectivity index (χ2v) is 4.93. The highest BCUT2D eigenvalue weighted by Crippen LogP contribution is 2.20. The lowest BCUT2D eigenvalue weighted by Gasteiger charge is -2.08. The normalized spacial score (nSPS) is 10.9. The molecule has 5 heteroatoms. The largest absolute Gasteiger partial charge is 0.505 e. The highest BCUT2D eigenvalue weighted by atomic mass is 19.1. The van der Waals surface area contributed by atoms with E-state index in [-0.39, 0.29) is 5.75 Å². The van der Waals surface area contributed by atoms with Gasteiger partial charge < -0.3 is 10.4 Å². The molecular weight excluding hydrogens is 257 g/mol. The predicted octanol–water partition coefficient (Wildman–Crippen LogP) is 2.52. The number of rotatable bonds is 6. The van der Waals surface area contributed by atoms with Crippen LogP contribution < -0.4 is 5.32 Å². The van der Waals surface area contributed by atoms with Crippen molar-refractivity contribution in [3.63, 3.8) is 0 Å². The molecule has 0 aliphatic rings. The molecule has 0 spiro atoms. The van der Waals surface area contributed by atoms with Crippen molar-refractivity contribution < 1.29 is 9.50 Å². The van der Waals surface area contributed by atoms with E-state index in [0.717, 1.165) is 30.9 Å². The van der Waals surface area contributed by atoms with Gasteiger partial charge in [0, 0.05) is 24.3 Å². The molecule has 0 atom stereocenters. The lowest BCUT2D eigenvalue weighted by atomic mass is 10.2. The Kier molecular flexibility index (Phi) is 4.74. The summed E-state index contributed by atoms with van der Waals surface area (Å²) in [6, 6.07) is 6.62. The minimum atomic E-state index is -0.577. The summed E-state index contributed by atoms with van der Waals surface area (Å²) in [4.78, 5) is 0. The Morgan fingerprint density at radius 2 is 2.15 bits per heavy atom. The Morgan fingerprint density at radius 1 is 1.35 bits per heavy atom. The second kappa shape index (κ2) is 6.52. The predicted molar refractivity (Wildman–Crippen MR) is 76.1 cm³/mol. The van der Waals surface area contributed by atoms with Crippen LogP contribution in [0.2, 0.25) is 0 Å². The van der Waals surface area contributed by atoms with E-state index in [0.29, 0.717) is 12.1 Å². The smallest absolute Gasteiger partial charge is 0.165 e. The number of phenolic OH excluding ortho intramolecular Hbond substituents is 1. The van der Waals surface area contributed by atoms with Crippen LogP contribution in [0.25, 0.3) is 0 Å². The van der Waals surface area contributed by atoms with E-state index in [2.05, 4.69) is 16.5 Å². The van der Waals surface area contributed by atoms with E-state index in [9.17, 15) is 9.50 Å². The molecule has 0 aliphatic carbocycles. The zero-order valence-corrected chi connectivity index (χ0v) is 11.9. The van der Waals surface area contributed by atoms with Crippen molar-refractivity contribution in [3.8, 4) is 5.75 Å². The van der Waals surface area contributed by atoms with Crippen LogP contribution in [0.5, 0.6) is 5.75 Å². The molecular formula is C15H20FN3O. The van der Waals surface area contributed by atoms with Gasteiger partial charge in [-0.1, -0.05) is 12.1 Å². The number of nitrogens with zero attached hydrogens (tertiary/aromatic N) is 2. The molecule has 0 saturated heterocycles. The molecule has 2 N–H and O–H groups in total. The number of hydrogen-bond donors (Lipinski definition) is 2. The standard InChI is InChI=1S/C15H20FN3O/c1-11-9-12(2)19(18-11)8-4-7-17-10-13-5-3-6-14(16)15(13)20/h3,5-6,9,17,20H,4,7-8,10H2,1-2H3. The fraction of sp³-hybridized carbons (Fsp3) is 0.400. The first-order valence-electron chi connectivity index (χ1n) is 6.76. The number of hydrogen-bond acceptors (Lipinski definition) is 3. The van der Waals surface area contributed by atoms with Gasteiger partial charge in [-0.2, -0.15) is 5.10 Å². The maximum atomic E-state index is 13.1. The molecule has 0 bridgehead atoms. The first-order chi connectivity index (χ1) is 9.58. The number of aryl methyl sites for hydroxylation is 3. The summed E-state index contributed by atoms with van der Waals surface area (Å²) in [6.45, 7) is 6.11. The molecule has 0 amide bonds. The van der Waals surface area contributed by atoms with E-state index in [1.165, 1.54) is 6.07 Å². The Balaban J connectivity index is 1.74. The van der Waals surface area contributed by atoms with Gasteiger partial charge in [0.05, 0.1) is 5.69 Å². The third kappa shape index (κ3) is 3.57. The molecule has 0 saturated carbocycles. The van der Waals surface area contributed by atoms with E-state index in [1.54, 1.807) is 12.1 Å². The number of aromatic hydroxyl groups is 1. The number of halogens is 1. The molecule has 1 heterocycles. The zero-order chi connectivity index (χ0) is 14.5. The van der Waals surface area contributed by atoms with E-state index >= 15 is 0 Å². The molecule has 20 heavy (non-hydrogen) atoms. The monoisotopic (exact) mass is 277 g/mol. The zero-order valence-electron chi connectivity index (χ0n) is 11.9. The minimum absolute atomic E-state index is 0.265. The fourth-order valence-corrected chi connectivity index (χ4v) is 2.18. The van der Waals surface area contributed by atoms with Gasteiger partial charge in [0.2, 0.25) is 0 Å². The van der Waals surface area contributed by atoms with Gasteiger partial charge in [-0.05, 0) is 38.9 Å².